The van der Waals surface area contributed by atoms with Crippen molar-refractivity contribution in [1.29, 1.82) is 0 Å². The molecule has 4 heteroatoms. The van der Waals surface area contributed by atoms with E-state index in [1.54, 1.807) is 0 Å². The molecule has 110 valence electrons. The van der Waals surface area contributed by atoms with Crippen LogP contribution in [0.5, 0.6) is 0 Å². The van der Waals surface area contributed by atoms with Crippen molar-refractivity contribution in [3.05, 3.63) is 24.3 Å². The van der Waals surface area contributed by atoms with Gasteiger partial charge in [-0.25, -0.2) is 4.79 Å². The van der Waals surface area contributed by atoms with Crippen LogP contribution in [-0.2, 0) is 0 Å². The number of urea groups is 1. The summed E-state index contributed by atoms with van der Waals surface area (Å²) in [5, 5.41) is 6.58. The quantitative estimate of drug-likeness (QED) is 0.750. The minimum atomic E-state index is -0.0991. The zero-order valence-corrected chi connectivity index (χ0v) is 13.0. The molecule has 0 heterocycles. The van der Waals surface area contributed by atoms with E-state index >= 15 is 0 Å². The summed E-state index contributed by atoms with van der Waals surface area (Å²) >= 11 is 1.91. The molecule has 0 bridgehead atoms. The molecule has 0 spiro atoms. The van der Waals surface area contributed by atoms with Crippen LogP contribution in [0.15, 0.2) is 29.2 Å². The summed E-state index contributed by atoms with van der Waals surface area (Å²) in [4.78, 5) is 13.0. The number of nitrogens with one attached hydrogen (secondary N) is 2. The fourth-order valence-electron chi connectivity index (χ4n) is 2.40. The topological polar surface area (TPSA) is 41.1 Å². The molecule has 20 heavy (non-hydrogen) atoms. The third-order valence-corrected chi connectivity index (χ3v) is 4.96. The zero-order chi connectivity index (χ0) is 14.2. The highest BCUT2D eigenvalue weighted by atomic mass is 32.2. The second kappa shape index (κ2) is 8.20. The van der Waals surface area contributed by atoms with Gasteiger partial charge in [0.2, 0.25) is 0 Å². The van der Waals surface area contributed by atoms with Gasteiger partial charge in [-0.1, -0.05) is 38.3 Å². The van der Waals surface area contributed by atoms with Crippen LogP contribution in [0.3, 0.4) is 0 Å². The Bertz CT molecular complexity index is 430. The minimum Gasteiger partial charge on any atom is -0.338 e. The van der Waals surface area contributed by atoms with Crippen molar-refractivity contribution < 1.29 is 4.79 Å². The third kappa shape index (κ3) is 4.75. The number of para-hydroxylation sites is 1. The molecular weight excluding hydrogens is 268 g/mol. The smallest absolute Gasteiger partial charge is 0.319 e. The Morgan fingerprint density at radius 3 is 2.80 bits per heavy atom. The first-order chi connectivity index (χ1) is 9.79. The second-order valence-corrected chi connectivity index (χ2v) is 6.60. The molecule has 1 aromatic carbocycles. The van der Waals surface area contributed by atoms with Gasteiger partial charge < -0.3 is 10.6 Å². The van der Waals surface area contributed by atoms with E-state index in [1.807, 2.05) is 30.0 Å². The predicted molar refractivity (Wildman–Crippen MR) is 86.5 cm³/mol. The van der Waals surface area contributed by atoms with Crippen molar-refractivity contribution >= 4 is 23.5 Å². The molecule has 1 aliphatic carbocycles. The van der Waals surface area contributed by atoms with Crippen molar-refractivity contribution in [3.63, 3.8) is 0 Å². The first-order valence-electron chi connectivity index (χ1n) is 7.60. The average molecular weight is 292 g/mol. The summed E-state index contributed by atoms with van der Waals surface area (Å²) in [6.07, 6.45) is 7.37. The molecule has 1 aromatic rings. The van der Waals surface area contributed by atoms with E-state index in [-0.39, 0.29) is 6.03 Å². The molecular formula is C16H24N2OS. The van der Waals surface area contributed by atoms with Crippen LogP contribution in [0.2, 0.25) is 0 Å². The van der Waals surface area contributed by atoms with Crippen LogP contribution in [0.4, 0.5) is 10.5 Å². The number of anilines is 1. The highest BCUT2D eigenvalue weighted by Gasteiger charge is 2.17. The first kappa shape index (κ1) is 15.2. The summed E-state index contributed by atoms with van der Waals surface area (Å²) in [5.41, 5.74) is 0.929. The van der Waals surface area contributed by atoms with E-state index in [1.165, 1.54) is 30.6 Å². The summed E-state index contributed by atoms with van der Waals surface area (Å²) < 4.78 is 0. The molecule has 2 amide bonds. The van der Waals surface area contributed by atoms with Gasteiger partial charge in [0.1, 0.15) is 0 Å². The Labute approximate surface area is 125 Å². The van der Waals surface area contributed by atoms with Gasteiger partial charge in [-0.3, -0.25) is 0 Å². The van der Waals surface area contributed by atoms with Crippen molar-refractivity contribution in [2.75, 3.05) is 11.9 Å². The molecule has 3 nitrogen and oxygen atoms in total. The van der Waals surface area contributed by atoms with E-state index in [9.17, 15) is 4.79 Å². The maximum absolute atomic E-state index is 11.8. The lowest BCUT2D eigenvalue weighted by atomic mass is 10.3. The number of benzene rings is 1. The molecule has 2 N–H and O–H groups in total. The number of carbonyl (C=O) groups is 1. The van der Waals surface area contributed by atoms with Crippen LogP contribution in [0.25, 0.3) is 0 Å². The molecule has 0 atom stereocenters. The Morgan fingerprint density at radius 2 is 2.05 bits per heavy atom. The number of amides is 2. The highest BCUT2D eigenvalue weighted by Crippen LogP contribution is 2.37. The number of hydrogen-bond acceptors (Lipinski definition) is 2. The summed E-state index contributed by atoms with van der Waals surface area (Å²) in [7, 11) is 0. The number of rotatable bonds is 6. The molecule has 1 aliphatic rings. The molecule has 1 fully saturated rings. The van der Waals surface area contributed by atoms with Gasteiger partial charge in [0.25, 0.3) is 0 Å². The predicted octanol–water partition coefficient (Wildman–Crippen LogP) is 4.64. The lowest BCUT2D eigenvalue weighted by Gasteiger charge is -2.14. The van der Waals surface area contributed by atoms with Gasteiger partial charge in [0, 0.05) is 16.7 Å². The Kier molecular flexibility index (Phi) is 6.25. The Morgan fingerprint density at radius 1 is 1.30 bits per heavy atom. The third-order valence-electron chi connectivity index (χ3n) is 3.55. The molecule has 2 rings (SSSR count). The maximum Gasteiger partial charge on any atom is 0.319 e. The fraction of sp³-hybridized carbons (Fsp3) is 0.562. The van der Waals surface area contributed by atoms with Crippen LogP contribution in [-0.4, -0.2) is 17.8 Å². The average Bonchev–Trinajstić information content (AvgIpc) is 2.94. The first-order valence-corrected chi connectivity index (χ1v) is 8.48. The highest BCUT2D eigenvalue weighted by molar-refractivity contribution is 8.00. The molecule has 0 saturated heterocycles. The standard InChI is InChI=1S/C16H24N2OS/c1-2-3-12-17-16(19)18-14-10-6-7-11-15(14)20-13-8-4-5-9-13/h6-7,10-11,13H,2-5,8-9,12H2,1H3,(H2,17,18,19). The van der Waals surface area contributed by atoms with Crippen LogP contribution in [0.1, 0.15) is 45.4 Å². The van der Waals surface area contributed by atoms with Gasteiger partial charge in [0.15, 0.2) is 0 Å². The van der Waals surface area contributed by atoms with Crippen LogP contribution >= 0.6 is 11.8 Å². The lowest BCUT2D eigenvalue weighted by Crippen LogP contribution is -2.29. The van der Waals surface area contributed by atoms with Crippen molar-refractivity contribution in [1.82, 2.24) is 5.32 Å². The summed E-state index contributed by atoms with van der Waals surface area (Å²) in [6.45, 7) is 2.85. The monoisotopic (exact) mass is 292 g/mol. The number of hydrogen-bond donors (Lipinski definition) is 2. The van der Waals surface area contributed by atoms with Crippen molar-refractivity contribution in [3.8, 4) is 0 Å². The van der Waals surface area contributed by atoms with Crippen molar-refractivity contribution in [2.24, 2.45) is 0 Å². The van der Waals surface area contributed by atoms with Crippen molar-refractivity contribution in [2.45, 2.75) is 55.6 Å². The minimum absolute atomic E-state index is 0.0991. The van der Waals surface area contributed by atoms with Gasteiger partial charge in [0.05, 0.1) is 5.69 Å². The number of unbranched alkanes of at least 4 members (excludes halogenated alkanes) is 1. The SMILES string of the molecule is CCCCNC(=O)Nc1ccccc1SC1CCCC1. The maximum atomic E-state index is 11.8. The van der Waals surface area contributed by atoms with Gasteiger partial charge in [-0.15, -0.1) is 11.8 Å². The summed E-state index contributed by atoms with van der Waals surface area (Å²) in [6, 6.07) is 8.00. The number of carbonyl (C=O) groups excluding carboxylic acids is 1. The van der Waals surface area contributed by atoms with E-state index in [0.29, 0.717) is 5.25 Å². The largest absolute Gasteiger partial charge is 0.338 e. The molecule has 0 unspecified atom stereocenters. The van der Waals surface area contributed by atoms with Crippen LogP contribution in [0, 0.1) is 0 Å². The summed E-state index contributed by atoms with van der Waals surface area (Å²) in [5.74, 6) is 0. The van der Waals surface area contributed by atoms with Gasteiger partial charge in [-0.05, 0) is 31.4 Å². The number of thioether (sulfide) groups is 1. The second-order valence-electron chi connectivity index (χ2n) is 5.25. The van der Waals surface area contributed by atoms with E-state index in [0.717, 1.165) is 25.1 Å². The molecule has 1 saturated carbocycles. The van der Waals surface area contributed by atoms with E-state index in [4.69, 9.17) is 0 Å². The normalized spacial score (nSPS) is 15.2. The zero-order valence-electron chi connectivity index (χ0n) is 12.2. The Hall–Kier alpha value is -1.16. The molecule has 0 aromatic heterocycles. The van der Waals surface area contributed by atoms with Gasteiger partial charge >= 0.3 is 6.03 Å². The lowest BCUT2D eigenvalue weighted by molar-refractivity contribution is 0.252. The Balaban J connectivity index is 1.91. The molecule has 0 aliphatic heterocycles. The fourth-order valence-corrected chi connectivity index (χ4v) is 3.73. The van der Waals surface area contributed by atoms with Gasteiger partial charge in [-0.2, -0.15) is 0 Å². The molecule has 0 radical (unpaired) electrons. The van der Waals surface area contributed by atoms with E-state index in [2.05, 4.69) is 23.6 Å². The van der Waals surface area contributed by atoms with Crippen LogP contribution < -0.4 is 10.6 Å². The van der Waals surface area contributed by atoms with E-state index < -0.39 is 0 Å².